The molecule has 2 aromatic rings. The number of esters is 2. The quantitative estimate of drug-likeness (QED) is 0.388. The van der Waals surface area contributed by atoms with Crippen LogP contribution < -0.4 is 4.74 Å². The maximum Gasteiger partial charge on any atom is 0.340 e. The van der Waals surface area contributed by atoms with Crippen molar-refractivity contribution in [1.29, 1.82) is 0 Å². The molecule has 0 saturated carbocycles. The number of H-pyrrole nitrogens is 1. The molecule has 0 spiro atoms. The van der Waals surface area contributed by atoms with Crippen molar-refractivity contribution in [1.82, 2.24) is 4.98 Å². The van der Waals surface area contributed by atoms with E-state index in [4.69, 9.17) is 14.2 Å². The van der Waals surface area contributed by atoms with Crippen molar-refractivity contribution in [3.63, 3.8) is 0 Å². The molecule has 0 fully saturated rings. The molecule has 0 saturated heterocycles. The molecule has 0 aliphatic carbocycles. The van der Waals surface area contributed by atoms with Gasteiger partial charge in [-0.25, -0.2) is 4.79 Å². The number of ketones is 1. The Bertz CT molecular complexity index is 856. The summed E-state index contributed by atoms with van der Waals surface area (Å²) < 4.78 is 15.1. The highest BCUT2D eigenvalue weighted by molar-refractivity contribution is 8.00. The Morgan fingerprint density at radius 3 is 2.36 bits per heavy atom. The van der Waals surface area contributed by atoms with Crippen LogP contribution in [0.5, 0.6) is 5.75 Å². The summed E-state index contributed by atoms with van der Waals surface area (Å²) in [6.45, 7) is 4.91. The number of hydrogen-bond donors (Lipinski definition) is 1. The van der Waals surface area contributed by atoms with Crippen LogP contribution in [0.25, 0.3) is 0 Å². The topological polar surface area (TPSA) is 94.7 Å². The van der Waals surface area contributed by atoms with Gasteiger partial charge in [0.25, 0.3) is 0 Å². The summed E-state index contributed by atoms with van der Waals surface area (Å²) in [5, 5.41) is 0. The molecule has 0 radical (unpaired) electrons. The molecular formula is C20H23NO6S. The zero-order chi connectivity index (χ0) is 20.7. The highest BCUT2D eigenvalue weighted by atomic mass is 32.2. The number of hydrogen-bond acceptors (Lipinski definition) is 7. The number of aryl methyl sites for hydroxylation is 1. The van der Waals surface area contributed by atoms with Gasteiger partial charge in [-0.1, -0.05) is 0 Å². The van der Waals surface area contributed by atoms with Crippen LogP contribution in [0.3, 0.4) is 0 Å². The molecule has 0 aliphatic rings. The molecule has 0 atom stereocenters. The van der Waals surface area contributed by atoms with E-state index in [9.17, 15) is 14.4 Å². The maximum atomic E-state index is 12.4. The van der Waals surface area contributed by atoms with Crippen LogP contribution in [-0.4, -0.2) is 48.8 Å². The third-order valence-electron chi connectivity index (χ3n) is 3.98. The summed E-state index contributed by atoms with van der Waals surface area (Å²) in [5.74, 6) is -0.576. The Morgan fingerprint density at radius 2 is 1.75 bits per heavy atom. The van der Waals surface area contributed by atoms with Crippen LogP contribution in [0.4, 0.5) is 0 Å². The van der Waals surface area contributed by atoms with E-state index in [0.717, 1.165) is 10.6 Å². The number of benzene rings is 1. The average Bonchev–Trinajstić information content (AvgIpc) is 2.99. The van der Waals surface area contributed by atoms with E-state index < -0.39 is 24.3 Å². The zero-order valence-electron chi connectivity index (χ0n) is 16.3. The van der Waals surface area contributed by atoms with Gasteiger partial charge in [0.05, 0.1) is 30.7 Å². The minimum absolute atomic E-state index is 0.0798. The standard InChI is InChI=1S/C20H23NO6S/c1-5-26-20(24)18-12(2)19(21-13(18)3)16(22)10-27-17(23)11-28-15-8-6-14(25-4)7-9-15/h6-9,21H,5,10-11H2,1-4H3. The summed E-state index contributed by atoms with van der Waals surface area (Å²) in [7, 11) is 1.58. The molecule has 2 rings (SSSR count). The molecule has 28 heavy (non-hydrogen) atoms. The summed E-state index contributed by atoms with van der Waals surface area (Å²) in [6.07, 6.45) is 0. The molecule has 0 unspecified atom stereocenters. The average molecular weight is 405 g/mol. The van der Waals surface area contributed by atoms with E-state index in [0.29, 0.717) is 16.8 Å². The van der Waals surface area contributed by atoms with Crippen LogP contribution in [-0.2, 0) is 14.3 Å². The van der Waals surface area contributed by atoms with Gasteiger partial charge >= 0.3 is 11.9 Å². The summed E-state index contributed by atoms with van der Waals surface area (Å²) in [5.41, 5.74) is 1.62. The van der Waals surface area contributed by atoms with Gasteiger partial charge in [-0.15, -0.1) is 11.8 Å². The van der Waals surface area contributed by atoms with E-state index in [1.165, 1.54) is 11.8 Å². The number of carbonyl (C=O) groups is 3. The highest BCUT2D eigenvalue weighted by Crippen LogP contribution is 2.22. The van der Waals surface area contributed by atoms with Crippen LogP contribution in [0.15, 0.2) is 29.2 Å². The Morgan fingerprint density at radius 1 is 1.07 bits per heavy atom. The second-order valence-corrected chi connectivity index (χ2v) is 6.94. The van der Waals surface area contributed by atoms with E-state index in [1.54, 1.807) is 40.0 Å². The van der Waals surface area contributed by atoms with Gasteiger partial charge in [0, 0.05) is 10.6 Å². The van der Waals surface area contributed by atoms with Gasteiger partial charge in [0.2, 0.25) is 5.78 Å². The van der Waals surface area contributed by atoms with Crippen molar-refractivity contribution < 1.29 is 28.6 Å². The first kappa shape index (κ1) is 21.6. The summed E-state index contributed by atoms with van der Waals surface area (Å²) in [4.78, 5) is 40.1. The lowest BCUT2D eigenvalue weighted by molar-refractivity contribution is -0.139. The third kappa shape index (κ3) is 5.39. The van der Waals surface area contributed by atoms with Crippen molar-refractivity contribution in [2.45, 2.75) is 25.7 Å². The minimum atomic E-state index is -0.499. The van der Waals surface area contributed by atoms with Crippen LogP contribution in [0, 0.1) is 13.8 Å². The Hall–Kier alpha value is -2.74. The number of carbonyl (C=O) groups excluding carboxylic acids is 3. The lowest BCUT2D eigenvalue weighted by atomic mass is 10.1. The van der Waals surface area contributed by atoms with E-state index in [-0.39, 0.29) is 18.1 Å². The second kappa shape index (κ2) is 9.98. The predicted octanol–water partition coefficient (Wildman–Crippen LogP) is 3.34. The lowest BCUT2D eigenvalue weighted by Gasteiger charge is -2.05. The first-order valence-electron chi connectivity index (χ1n) is 8.69. The zero-order valence-corrected chi connectivity index (χ0v) is 17.1. The Labute approximate surface area is 167 Å². The van der Waals surface area contributed by atoms with Gasteiger partial charge in [0.1, 0.15) is 5.75 Å². The fraction of sp³-hybridized carbons (Fsp3) is 0.350. The molecule has 8 heteroatoms. The molecule has 1 aromatic carbocycles. The Balaban J connectivity index is 1.90. The molecular weight excluding hydrogens is 382 g/mol. The highest BCUT2D eigenvalue weighted by Gasteiger charge is 2.23. The fourth-order valence-corrected chi connectivity index (χ4v) is 3.31. The molecule has 1 aromatic heterocycles. The molecule has 0 amide bonds. The van der Waals surface area contributed by atoms with Crippen LogP contribution >= 0.6 is 11.8 Å². The second-order valence-electron chi connectivity index (χ2n) is 5.89. The lowest BCUT2D eigenvalue weighted by Crippen LogP contribution is -2.16. The van der Waals surface area contributed by atoms with Gasteiger partial charge in [0.15, 0.2) is 6.61 Å². The third-order valence-corrected chi connectivity index (χ3v) is 4.96. The predicted molar refractivity (Wildman–Crippen MR) is 105 cm³/mol. The smallest absolute Gasteiger partial charge is 0.340 e. The molecule has 1 N–H and O–H groups in total. The van der Waals surface area contributed by atoms with Crippen LogP contribution in [0.1, 0.15) is 39.0 Å². The minimum Gasteiger partial charge on any atom is -0.497 e. The van der Waals surface area contributed by atoms with Gasteiger partial charge < -0.3 is 19.2 Å². The normalized spacial score (nSPS) is 10.4. The van der Waals surface area contributed by atoms with E-state index >= 15 is 0 Å². The van der Waals surface area contributed by atoms with Gasteiger partial charge in [-0.3, -0.25) is 9.59 Å². The largest absolute Gasteiger partial charge is 0.497 e. The van der Waals surface area contributed by atoms with Gasteiger partial charge in [-0.05, 0) is 50.6 Å². The van der Waals surface area contributed by atoms with Crippen molar-refractivity contribution in [3.8, 4) is 5.75 Å². The Kier molecular flexibility index (Phi) is 7.69. The summed E-state index contributed by atoms with van der Waals surface area (Å²) in [6, 6.07) is 7.27. The maximum absolute atomic E-state index is 12.4. The molecule has 150 valence electrons. The number of nitrogens with one attached hydrogen (secondary N) is 1. The first-order valence-corrected chi connectivity index (χ1v) is 9.67. The van der Waals surface area contributed by atoms with Crippen molar-refractivity contribution in [2.24, 2.45) is 0 Å². The van der Waals surface area contributed by atoms with Crippen molar-refractivity contribution in [2.75, 3.05) is 26.1 Å². The monoisotopic (exact) mass is 405 g/mol. The number of Topliss-reactive ketones (excluding diaryl/α,β-unsaturated/α-hetero) is 1. The SMILES string of the molecule is CCOC(=O)c1c(C)[nH]c(C(=O)COC(=O)CSc2ccc(OC)cc2)c1C. The summed E-state index contributed by atoms with van der Waals surface area (Å²) >= 11 is 1.30. The van der Waals surface area contributed by atoms with Gasteiger partial charge in [-0.2, -0.15) is 0 Å². The van der Waals surface area contributed by atoms with E-state index in [1.807, 2.05) is 12.1 Å². The molecule has 1 heterocycles. The van der Waals surface area contributed by atoms with E-state index in [2.05, 4.69) is 4.98 Å². The van der Waals surface area contributed by atoms with Crippen molar-refractivity contribution in [3.05, 3.63) is 46.8 Å². The molecule has 0 aliphatic heterocycles. The number of rotatable bonds is 9. The number of aromatic amines is 1. The number of methoxy groups -OCH3 is 1. The number of aromatic nitrogens is 1. The number of thioether (sulfide) groups is 1. The number of ether oxygens (including phenoxy) is 3. The molecule has 0 bridgehead atoms. The van der Waals surface area contributed by atoms with Crippen LogP contribution in [0.2, 0.25) is 0 Å². The fourth-order valence-electron chi connectivity index (χ4n) is 2.61. The van der Waals surface area contributed by atoms with Crippen molar-refractivity contribution >= 4 is 29.5 Å². The molecule has 7 nitrogen and oxygen atoms in total. The first-order chi connectivity index (χ1) is 13.4.